The van der Waals surface area contributed by atoms with Crippen LogP contribution in [0.3, 0.4) is 0 Å². The summed E-state index contributed by atoms with van der Waals surface area (Å²) < 4.78 is 3.86. The number of aryl methyl sites for hydroxylation is 1. The highest BCUT2D eigenvalue weighted by Gasteiger charge is 2.11. The van der Waals surface area contributed by atoms with Crippen LogP contribution in [0, 0.1) is 11.7 Å². The molecule has 0 spiro atoms. The van der Waals surface area contributed by atoms with Gasteiger partial charge in [0.2, 0.25) is 5.88 Å². The third kappa shape index (κ3) is 2.21. The summed E-state index contributed by atoms with van der Waals surface area (Å²) in [7, 11) is 0. The normalized spacial score (nSPS) is 10.6. The van der Waals surface area contributed by atoms with Crippen LogP contribution in [0.25, 0.3) is 5.69 Å². The molecule has 0 bridgehead atoms. The molecule has 0 radical (unpaired) electrons. The van der Waals surface area contributed by atoms with Gasteiger partial charge in [0.25, 0.3) is 0 Å². The maximum atomic E-state index is 10.0. The molecule has 1 N–H and O–H groups in total. The van der Waals surface area contributed by atoms with E-state index in [0.717, 1.165) is 11.3 Å². The molecule has 0 aliphatic carbocycles. The Hall–Kier alpha value is -1.52. The lowest BCUT2D eigenvalue weighted by Crippen LogP contribution is -2.00. The zero-order valence-electron chi connectivity index (χ0n) is 9.93. The van der Waals surface area contributed by atoms with Crippen LogP contribution in [0.4, 0.5) is 0 Å². The quantitative estimate of drug-likeness (QED) is 0.683. The van der Waals surface area contributed by atoms with Gasteiger partial charge in [-0.3, -0.25) is 4.57 Å². The van der Waals surface area contributed by atoms with Crippen LogP contribution in [0.5, 0.6) is 5.88 Å². The van der Waals surface area contributed by atoms with E-state index in [0.29, 0.717) is 16.3 Å². The van der Waals surface area contributed by atoms with Gasteiger partial charge in [-0.2, -0.15) is 0 Å². The predicted molar refractivity (Wildman–Crippen MR) is 76.2 cm³/mol. The average molecular weight is 281 g/mol. The molecule has 0 aliphatic heterocycles. The van der Waals surface area contributed by atoms with E-state index in [1.165, 1.54) is 0 Å². The third-order valence-corrected chi connectivity index (χ3v) is 3.33. The molecule has 18 heavy (non-hydrogen) atoms. The minimum Gasteiger partial charge on any atom is -0.493 e. The van der Waals surface area contributed by atoms with Crippen LogP contribution in [-0.4, -0.2) is 14.2 Å². The summed E-state index contributed by atoms with van der Waals surface area (Å²) in [6.45, 7) is 6.16. The van der Waals surface area contributed by atoms with E-state index in [9.17, 15) is 5.11 Å². The minimum absolute atomic E-state index is 0.0900. The van der Waals surface area contributed by atoms with E-state index in [1.54, 1.807) is 27.5 Å². The minimum atomic E-state index is 0.0900. The molecule has 1 aromatic carbocycles. The molecule has 0 aliphatic rings. The van der Waals surface area contributed by atoms with Gasteiger partial charge in [-0.1, -0.05) is 23.7 Å². The Kier molecular flexibility index (Phi) is 3.59. The Bertz CT molecular complexity index is 657. The van der Waals surface area contributed by atoms with Crippen molar-refractivity contribution in [1.82, 2.24) is 9.13 Å². The van der Waals surface area contributed by atoms with Gasteiger partial charge in [-0.25, -0.2) is 0 Å². The lowest BCUT2D eigenvalue weighted by Gasteiger charge is -2.08. The molecule has 2 rings (SSSR count). The van der Waals surface area contributed by atoms with Crippen LogP contribution in [0.1, 0.15) is 5.56 Å². The SMILES string of the molecule is C=CCn1cc(O)n(-c2cc(Cl)ccc2C)c1=S. The molecule has 5 heteroatoms. The first kappa shape index (κ1) is 12.9. The molecule has 1 heterocycles. The third-order valence-electron chi connectivity index (χ3n) is 2.68. The first-order valence-electron chi connectivity index (χ1n) is 5.43. The second-order valence-corrected chi connectivity index (χ2v) is 4.78. The molecule has 94 valence electrons. The number of imidazole rings is 1. The second kappa shape index (κ2) is 5.00. The molecule has 3 nitrogen and oxygen atoms in total. The van der Waals surface area contributed by atoms with E-state index in [-0.39, 0.29) is 5.88 Å². The van der Waals surface area contributed by atoms with E-state index < -0.39 is 0 Å². The van der Waals surface area contributed by atoms with Crippen molar-refractivity contribution in [2.45, 2.75) is 13.5 Å². The highest BCUT2D eigenvalue weighted by molar-refractivity contribution is 7.71. The molecule has 0 atom stereocenters. The van der Waals surface area contributed by atoms with Gasteiger partial charge in [-0.15, -0.1) is 6.58 Å². The largest absolute Gasteiger partial charge is 0.493 e. The van der Waals surface area contributed by atoms with Gasteiger partial charge in [0.1, 0.15) is 0 Å². The van der Waals surface area contributed by atoms with Gasteiger partial charge in [-0.05, 0) is 36.8 Å². The first-order valence-corrected chi connectivity index (χ1v) is 6.21. The monoisotopic (exact) mass is 280 g/mol. The van der Waals surface area contributed by atoms with Gasteiger partial charge in [0.15, 0.2) is 4.77 Å². The van der Waals surface area contributed by atoms with E-state index in [1.807, 2.05) is 19.1 Å². The van der Waals surface area contributed by atoms with Crippen LogP contribution >= 0.6 is 23.8 Å². The van der Waals surface area contributed by atoms with Gasteiger partial charge >= 0.3 is 0 Å². The Morgan fingerprint density at radius 3 is 2.89 bits per heavy atom. The van der Waals surface area contributed by atoms with Crippen LogP contribution < -0.4 is 0 Å². The number of aromatic hydroxyl groups is 1. The fourth-order valence-corrected chi connectivity index (χ4v) is 2.28. The maximum Gasteiger partial charge on any atom is 0.214 e. The van der Waals surface area contributed by atoms with Crippen molar-refractivity contribution >= 4 is 23.8 Å². The summed E-state index contributed by atoms with van der Waals surface area (Å²) in [5.41, 5.74) is 1.77. The highest BCUT2D eigenvalue weighted by atomic mass is 35.5. The van der Waals surface area contributed by atoms with Gasteiger partial charge < -0.3 is 9.67 Å². The predicted octanol–water partition coefficient (Wildman–Crippen LogP) is 3.86. The molecule has 0 saturated carbocycles. The molecule has 1 aromatic heterocycles. The Morgan fingerprint density at radius 1 is 1.50 bits per heavy atom. The Labute approximate surface area is 116 Å². The molecule has 0 saturated heterocycles. The number of hydrogen-bond donors (Lipinski definition) is 1. The molecule has 0 fully saturated rings. The van der Waals surface area contributed by atoms with Gasteiger partial charge in [0, 0.05) is 11.6 Å². The summed E-state index contributed by atoms with van der Waals surface area (Å²) in [5, 5.41) is 10.6. The lowest BCUT2D eigenvalue weighted by molar-refractivity contribution is 0.441. The number of hydrogen-bond acceptors (Lipinski definition) is 2. The molecular weight excluding hydrogens is 268 g/mol. The van der Waals surface area contributed by atoms with Crippen molar-refractivity contribution in [3.05, 3.63) is 52.4 Å². The van der Waals surface area contributed by atoms with E-state index in [4.69, 9.17) is 23.8 Å². The van der Waals surface area contributed by atoms with Crippen molar-refractivity contribution in [3.8, 4) is 11.6 Å². The summed E-state index contributed by atoms with van der Waals surface area (Å²) in [6.07, 6.45) is 3.31. The summed E-state index contributed by atoms with van der Waals surface area (Å²) >= 11 is 11.3. The summed E-state index contributed by atoms with van der Waals surface area (Å²) in [5.74, 6) is 0.0900. The van der Waals surface area contributed by atoms with Gasteiger partial charge in [0.05, 0.1) is 11.9 Å². The average Bonchev–Trinajstić information content (AvgIpc) is 2.59. The summed E-state index contributed by atoms with van der Waals surface area (Å²) in [4.78, 5) is 0. The molecule has 2 aromatic rings. The van der Waals surface area contributed by atoms with E-state index >= 15 is 0 Å². The molecule has 0 amide bonds. The number of nitrogens with zero attached hydrogens (tertiary/aromatic N) is 2. The number of halogens is 1. The molecular formula is C13H13ClN2OS. The number of benzene rings is 1. The van der Waals surface area contributed by atoms with Crippen molar-refractivity contribution in [3.63, 3.8) is 0 Å². The summed E-state index contributed by atoms with van der Waals surface area (Å²) in [6, 6.07) is 5.48. The van der Waals surface area contributed by atoms with Crippen molar-refractivity contribution in [1.29, 1.82) is 0 Å². The maximum absolute atomic E-state index is 10.0. The van der Waals surface area contributed by atoms with Crippen LogP contribution in [0.2, 0.25) is 5.02 Å². The van der Waals surface area contributed by atoms with Crippen LogP contribution in [0.15, 0.2) is 37.1 Å². The lowest BCUT2D eigenvalue weighted by atomic mass is 10.2. The number of allylic oxidation sites excluding steroid dienone is 1. The van der Waals surface area contributed by atoms with Crippen molar-refractivity contribution < 1.29 is 5.11 Å². The zero-order chi connectivity index (χ0) is 13.3. The van der Waals surface area contributed by atoms with Crippen molar-refractivity contribution in [2.75, 3.05) is 0 Å². The molecule has 0 unspecified atom stereocenters. The number of rotatable bonds is 3. The number of aromatic nitrogens is 2. The topological polar surface area (TPSA) is 30.1 Å². The Morgan fingerprint density at radius 2 is 2.22 bits per heavy atom. The Balaban J connectivity index is 2.67. The fourth-order valence-electron chi connectivity index (χ4n) is 1.80. The zero-order valence-corrected chi connectivity index (χ0v) is 11.5. The second-order valence-electron chi connectivity index (χ2n) is 3.98. The van der Waals surface area contributed by atoms with Crippen molar-refractivity contribution in [2.24, 2.45) is 0 Å². The first-order chi connectivity index (χ1) is 8.54. The standard InChI is InChI=1S/C13H13ClN2OS/c1-3-6-15-8-12(17)16(13(15)18)11-7-10(14)5-4-9(11)2/h3-5,7-8,17H,1,6H2,2H3. The van der Waals surface area contributed by atoms with Crippen LogP contribution in [-0.2, 0) is 6.54 Å². The van der Waals surface area contributed by atoms with E-state index in [2.05, 4.69) is 6.58 Å². The smallest absolute Gasteiger partial charge is 0.214 e. The highest BCUT2D eigenvalue weighted by Crippen LogP contribution is 2.25. The fraction of sp³-hybridized carbons (Fsp3) is 0.154.